The predicted molar refractivity (Wildman–Crippen MR) is 149 cm³/mol. The smallest absolute Gasteiger partial charge is 0.365 e. The van der Waals surface area contributed by atoms with Gasteiger partial charge in [-0.2, -0.15) is 10.2 Å². The van der Waals surface area contributed by atoms with Gasteiger partial charge in [-0.3, -0.25) is 0 Å². The minimum atomic E-state index is -1.01. The Balaban J connectivity index is 1.66. The van der Waals surface area contributed by atoms with E-state index in [2.05, 4.69) is 31.2 Å². The highest BCUT2D eigenvalue weighted by Crippen LogP contribution is 2.49. The summed E-state index contributed by atoms with van der Waals surface area (Å²) in [6.07, 6.45) is 4.96. The Kier molecular flexibility index (Phi) is 6.85. The standard InChI is InChI=1S/C28H25ClN4O2S/c1-3-20-14-16-21(17-15-20)24-18-19-28(32(30-24)22-10-6-5-7-11-22)33(25-13-9-8-12-23(25)29)31-26(36-28)27(34)35-4-2/h5-19H,3-4H2,1-2H3/t28-/m0/s1. The number of rotatable bonds is 6. The lowest BCUT2D eigenvalue weighted by atomic mass is 10.0. The number of carbonyl (C=O) groups is 1. The van der Waals surface area contributed by atoms with Gasteiger partial charge in [0.1, 0.15) is 0 Å². The molecule has 0 bridgehead atoms. The van der Waals surface area contributed by atoms with Gasteiger partial charge >= 0.3 is 5.97 Å². The molecule has 0 aliphatic carbocycles. The largest absolute Gasteiger partial charge is 0.461 e. The molecule has 0 N–H and O–H groups in total. The third-order valence-corrected chi connectivity index (χ3v) is 7.44. The van der Waals surface area contributed by atoms with Crippen LogP contribution in [-0.4, -0.2) is 28.3 Å². The molecule has 2 aliphatic rings. The van der Waals surface area contributed by atoms with Gasteiger partial charge in [0.05, 0.1) is 28.7 Å². The van der Waals surface area contributed by atoms with Crippen molar-refractivity contribution in [1.82, 2.24) is 0 Å². The normalized spacial score (nSPS) is 18.9. The van der Waals surface area contributed by atoms with Crippen molar-refractivity contribution in [2.45, 2.75) is 25.3 Å². The Morgan fingerprint density at radius 3 is 2.36 bits per heavy atom. The maximum atomic E-state index is 12.8. The van der Waals surface area contributed by atoms with Gasteiger partial charge in [0.25, 0.3) is 0 Å². The highest BCUT2D eigenvalue weighted by atomic mass is 35.5. The van der Waals surface area contributed by atoms with Crippen LogP contribution in [0.15, 0.2) is 101 Å². The molecule has 2 heterocycles. The number of aryl methyl sites for hydroxylation is 1. The Morgan fingerprint density at radius 2 is 1.67 bits per heavy atom. The molecule has 0 saturated carbocycles. The summed E-state index contributed by atoms with van der Waals surface area (Å²) in [4.78, 5) is 11.8. The SMILES string of the molecule is CCOC(=O)C1=NN(c2ccccc2Cl)[C@@]2(C=CC(c3ccc(CC)cc3)=NN2c2ccccc2)S1. The van der Waals surface area contributed by atoms with Crippen LogP contribution in [0.5, 0.6) is 0 Å². The molecule has 0 unspecified atom stereocenters. The van der Waals surface area contributed by atoms with Crippen LogP contribution >= 0.6 is 23.4 Å². The summed E-state index contributed by atoms with van der Waals surface area (Å²) < 4.78 is 5.30. The topological polar surface area (TPSA) is 57.5 Å². The van der Waals surface area contributed by atoms with Crippen molar-refractivity contribution in [1.29, 1.82) is 0 Å². The van der Waals surface area contributed by atoms with Crippen molar-refractivity contribution < 1.29 is 9.53 Å². The number of benzene rings is 3. The van der Waals surface area contributed by atoms with Crippen molar-refractivity contribution in [3.05, 3.63) is 107 Å². The Labute approximate surface area is 219 Å². The second kappa shape index (κ2) is 10.2. The highest BCUT2D eigenvalue weighted by Gasteiger charge is 2.52. The maximum absolute atomic E-state index is 12.8. The average molecular weight is 517 g/mol. The predicted octanol–water partition coefficient (Wildman–Crippen LogP) is 6.47. The molecule has 5 rings (SSSR count). The van der Waals surface area contributed by atoms with Crippen molar-refractivity contribution in [2.24, 2.45) is 10.2 Å². The first kappa shape index (κ1) is 24.2. The number of para-hydroxylation sites is 2. The number of anilines is 2. The molecule has 182 valence electrons. The number of hydrazone groups is 2. The van der Waals surface area contributed by atoms with Crippen LogP contribution in [0.4, 0.5) is 11.4 Å². The maximum Gasteiger partial charge on any atom is 0.365 e. The van der Waals surface area contributed by atoms with Crippen LogP contribution in [0.2, 0.25) is 5.02 Å². The van der Waals surface area contributed by atoms with Crippen LogP contribution in [0.3, 0.4) is 0 Å². The van der Waals surface area contributed by atoms with Crippen LogP contribution in [0.25, 0.3) is 0 Å². The van der Waals surface area contributed by atoms with Crippen molar-refractivity contribution in [2.75, 3.05) is 16.6 Å². The Bertz CT molecular complexity index is 1360. The summed E-state index contributed by atoms with van der Waals surface area (Å²) in [5.74, 6) is -0.484. The van der Waals surface area contributed by atoms with Crippen LogP contribution < -0.4 is 10.0 Å². The third-order valence-electron chi connectivity index (χ3n) is 5.90. The summed E-state index contributed by atoms with van der Waals surface area (Å²) in [7, 11) is 0. The number of thioether (sulfide) groups is 1. The van der Waals surface area contributed by atoms with Gasteiger partial charge in [0.2, 0.25) is 10.0 Å². The lowest BCUT2D eigenvalue weighted by Gasteiger charge is -2.43. The van der Waals surface area contributed by atoms with Crippen molar-refractivity contribution in [3.63, 3.8) is 0 Å². The van der Waals surface area contributed by atoms with E-state index in [0.717, 1.165) is 23.4 Å². The second-order valence-electron chi connectivity index (χ2n) is 8.17. The summed E-state index contributed by atoms with van der Waals surface area (Å²) in [5, 5.41) is 14.2. The van der Waals surface area contributed by atoms with Gasteiger partial charge in [-0.15, -0.1) is 0 Å². The zero-order chi connectivity index (χ0) is 25.1. The monoisotopic (exact) mass is 516 g/mol. The van der Waals surface area contributed by atoms with E-state index in [-0.39, 0.29) is 11.7 Å². The van der Waals surface area contributed by atoms with Gasteiger partial charge < -0.3 is 4.74 Å². The number of hydrogen-bond acceptors (Lipinski definition) is 7. The van der Waals surface area contributed by atoms with Crippen LogP contribution in [0.1, 0.15) is 25.0 Å². The van der Waals surface area contributed by atoms with E-state index in [9.17, 15) is 4.79 Å². The van der Waals surface area contributed by atoms with Crippen molar-refractivity contribution >= 4 is 51.5 Å². The first-order valence-corrected chi connectivity index (χ1v) is 13.0. The summed E-state index contributed by atoms with van der Waals surface area (Å²) >= 11 is 7.90. The Morgan fingerprint density at radius 1 is 0.944 bits per heavy atom. The number of allylic oxidation sites excluding steroid dienone is 1. The number of nitrogens with zero attached hydrogens (tertiary/aromatic N) is 4. The molecule has 6 nitrogen and oxygen atoms in total. The molecule has 0 amide bonds. The van der Waals surface area contributed by atoms with E-state index >= 15 is 0 Å². The molecule has 36 heavy (non-hydrogen) atoms. The fourth-order valence-corrected chi connectivity index (χ4v) is 5.44. The average Bonchev–Trinajstić information content (AvgIpc) is 3.29. The first-order chi connectivity index (χ1) is 17.6. The quantitative estimate of drug-likeness (QED) is 0.351. The number of esters is 1. The zero-order valence-corrected chi connectivity index (χ0v) is 21.5. The number of halogens is 1. The minimum absolute atomic E-state index is 0.230. The van der Waals surface area contributed by atoms with Gasteiger partial charge in [0.15, 0.2) is 0 Å². The van der Waals surface area contributed by atoms with Gasteiger partial charge in [-0.1, -0.05) is 73.1 Å². The third kappa shape index (κ3) is 4.40. The first-order valence-electron chi connectivity index (χ1n) is 11.8. The van der Waals surface area contributed by atoms with E-state index in [1.165, 1.54) is 17.3 Å². The molecular weight excluding hydrogens is 492 g/mol. The van der Waals surface area contributed by atoms with E-state index in [4.69, 9.17) is 26.5 Å². The molecule has 0 fully saturated rings. The fourth-order valence-electron chi connectivity index (χ4n) is 4.08. The zero-order valence-electron chi connectivity index (χ0n) is 20.0. The lowest BCUT2D eigenvalue weighted by Crippen LogP contribution is -2.53. The fraction of sp³-hybridized carbons (Fsp3) is 0.179. The molecule has 1 atom stereocenters. The molecular formula is C28H25ClN4O2S. The number of hydrogen-bond donors (Lipinski definition) is 0. The van der Waals surface area contributed by atoms with E-state index in [1.807, 2.05) is 65.7 Å². The molecule has 3 aromatic carbocycles. The summed E-state index contributed by atoms with van der Waals surface area (Å²) in [5.41, 5.74) is 4.56. The highest BCUT2D eigenvalue weighted by molar-refractivity contribution is 8.17. The van der Waals surface area contributed by atoms with E-state index < -0.39 is 11.0 Å². The second-order valence-corrected chi connectivity index (χ2v) is 9.76. The van der Waals surface area contributed by atoms with E-state index in [1.54, 1.807) is 18.0 Å². The van der Waals surface area contributed by atoms with Gasteiger partial charge in [0, 0.05) is 5.56 Å². The number of carbonyl (C=O) groups excluding carboxylic acids is 1. The molecule has 1 spiro atoms. The molecule has 2 aliphatic heterocycles. The molecule has 0 saturated heterocycles. The molecule has 0 radical (unpaired) electrons. The molecule has 0 aromatic heterocycles. The van der Waals surface area contributed by atoms with Crippen molar-refractivity contribution in [3.8, 4) is 0 Å². The Hall–Kier alpha value is -3.55. The minimum Gasteiger partial charge on any atom is -0.461 e. The van der Waals surface area contributed by atoms with E-state index in [0.29, 0.717) is 10.7 Å². The van der Waals surface area contributed by atoms with Crippen LogP contribution in [0, 0.1) is 0 Å². The van der Waals surface area contributed by atoms with Gasteiger partial charge in [-0.05, 0) is 67.1 Å². The molecule has 3 aromatic rings. The van der Waals surface area contributed by atoms with Crippen LogP contribution in [-0.2, 0) is 16.0 Å². The van der Waals surface area contributed by atoms with Gasteiger partial charge in [-0.25, -0.2) is 14.8 Å². The molecule has 8 heteroatoms. The summed E-state index contributed by atoms with van der Waals surface area (Å²) in [6, 6.07) is 25.7. The lowest BCUT2D eigenvalue weighted by molar-refractivity contribution is -0.134. The number of ether oxygens (including phenoxy) is 1. The summed E-state index contributed by atoms with van der Waals surface area (Å²) in [6.45, 7) is 4.17.